The minimum atomic E-state index is -0.657. The zero-order valence-corrected chi connectivity index (χ0v) is 27.8. The second-order valence-electron chi connectivity index (χ2n) is 10.5. The number of benzene rings is 1. The molecular formula is C34H44N6O6. The quantitative estimate of drug-likeness (QED) is 0.253. The van der Waals surface area contributed by atoms with Crippen LogP contribution in [0, 0.1) is 25.2 Å². The molecule has 0 aliphatic heterocycles. The molecule has 0 aliphatic rings. The Morgan fingerprint density at radius 2 is 1.74 bits per heavy atom. The predicted octanol–water partition coefficient (Wildman–Crippen LogP) is 3.60. The molecule has 1 atom stereocenters. The zero-order chi connectivity index (χ0) is 34.8. The molecule has 12 heteroatoms. The summed E-state index contributed by atoms with van der Waals surface area (Å²) < 4.78 is 6.38. The molecule has 0 radical (unpaired) electrons. The summed E-state index contributed by atoms with van der Waals surface area (Å²) in [6.07, 6.45) is 6.49. The molecule has 2 aromatic heterocycles. The second-order valence-corrected chi connectivity index (χ2v) is 10.5. The number of likely N-dealkylation sites (N-methyl/N-ethyl adjacent to an activating group) is 1. The van der Waals surface area contributed by atoms with Crippen molar-refractivity contribution in [3.05, 3.63) is 87.1 Å². The number of amides is 3. The molecular weight excluding hydrogens is 588 g/mol. The molecule has 0 spiro atoms. The standard InChI is InChI=1S/C22H24N4O4.C9H12N2O2.C3H8/c1-14-5-16(9-23)6-15(2)22(14)18-7-17(10-24-11-18)19(25-13-27)8-21(29)30-12-20(28)26(3)4;1-3-10-8(12)7-5-4-6-11(2)9(7)13;1-3-2/h5-7,10-11,13,19H,8,12H2,1-4H3,(H,25,27);4-6H,3H2,1-2H3,(H,10,12);3H2,1-2H3. The number of rotatable bonds is 10. The average Bonchev–Trinajstić information content (AvgIpc) is 3.01. The van der Waals surface area contributed by atoms with Gasteiger partial charge >= 0.3 is 5.97 Å². The van der Waals surface area contributed by atoms with Gasteiger partial charge in [-0.3, -0.25) is 29.0 Å². The number of hydrogen-bond donors (Lipinski definition) is 2. The van der Waals surface area contributed by atoms with Crippen LogP contribution in [0.3, 0.4) is 0 Å². The van der Waals surface area contributed by atoms with Crippen LogP contribution in [-0.2, 0) is 26.2 Å². The molecule has 1 aromatic carbocycles. The Balaban J connectivity index is 0.000000547. The van der Waals surface area contributed by atoms with Crippen molar-refractivity contribution < 1.29 is 23.9 Å². The fourth-order valence-corrected chi connectivity index (χ4v) is 4.15. The lowest BCUT2D eigenvalue weighted by molar-refractivity contribution is -0.151. The van der Waals surface area contributed by atoms with E-state index in [-0.39, 0.29) is 36.0 Å². The smallest absolute Gasteiger partial charge is 0.308 e. The molecule has 3 amide bonds. The SMILES string of the molecule is CCC.CCNC(=O)c1cccn(C)c1=O.Cc1cc(C#N)cc(C)c1-c1cncc(C(CC(=O)OCC(=O)N(C)C)NC=O)c1. The third-order valence-corrected chi connectivity index (χ3v) is 6.31. The first-order valence-electron chi connectivity index (χ1n) is 14.8. The Hall–Kier alpha value is -5.31. The first-order chi connectivity index (χ1) is 21.8. The third-order valence-electron chi connectivity index (χ3n) is 6.31. The van der Waals surface area contributed by atoms with Gasteiger partial charge in [-0.2, -0.15) is 5.26 Å². The van der Waals surface area contributed by atoms with E-state index in [2.05, 4.69) is 35.5 Å². The highest BCUT2D eigenvalue weighted by atomic mass is 16.5. The normalized spacial score (nSPS) is 10.4. The van der Waals surface area contributed by atoms with Gasteiger partial charge in [-0.25, -0.2) is 0 Å². The summed E-state index contributed by atoms with van der Waals surface area (Å²) in [4.78, 5) is 63.1. The predicted molar refractivity (Wildman–Crippen MR) is 176 cm³/mol. The summed E-state index contributed by atoms with van der Waals surface area (Å²) in [6, 6.07) is 10.1. The summed E-state index contributed by atoms with van der Waals surface area (Å²) >= 11 is 0. The Morgan fingerprint density at radius 1 is 1.11 bits per heavy atom. The van der Waals surface area contributed by atoms with E-state index in [4.69, 9.17) is 10.00 Å². The number of esters is 1. The molecule has 3 rings (SSSR count). The van der Waals surface area contributed by atoms with Crippen molar-refractivity contribution in [2.24, 2.45) is 7.05 Å². The number of pyridine rings is 2. The lowest BCUT2D eigenvalue weighted by Gasteiger charge is -2.18. The van der Waals surface area contributed by atoms with Crippen molar-refractivity contribution in [3.8, 4) is 17.2 Å². The Morgan fingerprint density at radius 3 is 2.28 bits per heavy atom. The second kappa shape index (κ2) is 19.9. The van der Waals surface area contributed by atoms with Crippen molar-refractivity contribution >= 4 is 24.2 Å². The van der Waals surface area contributed by atoms with Gasteiger partial charge in [0.25, 0.3) is 17.4 Å². The number of hydrogen-bond acceptors (Lipinski definition) is 8. The van der Waals surface area contributed by atoms with Crippen LogP contribution in [0.1, 0.15) is 72.3 Å². The van der Waals surface area contributed by atoms with E-state index in [9.17, 15) is 24.0 Å². The summed E-state index contributed by atoms with van der Waals surface area (Å²) in [6.45, 7) is 10.1. The highest BCUT2D eigenvalue weighted by Crippen LogP contribution is 2.30. The number of aryl methyl sites for hydroxylation is 3. The average molecular weight is 633 g/mol. The van der Waals surface area contributed by atoms with Gasteiger partial charge in [0.15, 0.2) is 6.61 Å². The van der Waals surface area contributed by atoms with Crippen LogP contribution < -0.4 is 16.2 Å². The van der Waals surface area contributed by atoms with E-state index in [1.807, 2.05) is 26.8 Å². The summed E-state index contributed by atoms with van der Waals surface area (Å²) in [7, 11) is 4.75. The Kier molecular flexibility index (Phi) is 16.7. The molecule has 46 heavy (non-hydrogen) atoms. The molecule has 2 heterocycles. The lowest BCUT2D eigenvalue weighted by atomic mass is 9.93. The number of carbonyl (C=O) groups is 4. The summed E-state index contributed by atoms with van der Waals surface area (Å²) in [5.41, 5.74) is 4.71. The topological polar surface area (TPSA) is 163 Å². The summed E-state index contributed by atoms with van der Waals surface area (Å²) in [5, 5.41) is 14.3. The van der Waals surface area contributed by atoms with Gasteiger partial charge in [0, 0.05) is 51.8 Å². The van der Waals surface area contributed by atoms with Crippen molar-refractivity contribution in [1.82, 2.24) is 25.1 Å². The van der Waals surface area contributed by atoms with Crippen molar-refractivity contribution in [3.63, 3.8) is 0 Å². The van der Waals surface area contributed by atoms with Gasteiger partial charge in [-0.05, 0) is 73.4 Å². The molecule has 0 saturated heterocycles. The highest BCUT2D eigenvalue weighted by molar-refractivity contribution is 5.93. The molecule has 3 aromatic rings. The minimum Gasteiger partial charge on any atom is -0.455 e. The fourth-order valence-electron chi connectivity index (χ4n) is 4.15. The third kappa shape index (κ3) is 12.0. The minimum absolute atomic E-state index is 0.143. The molecule has 1 unspecified atom stereocenters. The van der Waals surface area contributed by atoms with E-state index in [1.165, 1.54) is 22.0 Å². The van der Waals surface area contributed by atoms with Crippen molar-refractivity contribution in [1.29, 1.82) is 5.26 Å². The first kappa shape index (κ1) is 38.7. The van der Waals surface area contributed by atoms with E-state index in [0.29, 0.717) is 24.1 Å². The first-order valence-corrected chi connectivity index (χ1v) is 14.8. The summed E-state index contributed by atoms with van der Waals surface area (Å²) in [5.74, 6) is -1.26. The van der Waals surface area contributed by atoms with E-state index < -0.39 is 12.0 Å². The lowest BCUT2D eigenvalue weighted by Crippen LogP contribution is -2.31. The van der Waals surface area contributed by atoms with Gasteiger partial charge in [0.05, 0.1) is 24.1 Å². The molecule has 0 fully saturated rings. The van der Waals surface area contributed by atoms with Gasteiger partial charge in [-0.15, -0.1) is 0 Å². The van der Waals surface area contributed by atoms with Crippen LogP contribution in [-0.4, -0.2) is 65.9 Å². The largest absolute Gasteiger partial charge is 0.455 e. The van der Waals surface area contributed by atoms with Crippen LogP contribution in [0.15, 0.2) is 53.7 Å². The van der Waals surface area contributed by atoms with E-state index in [0.717, 1.165) is 22.3 Å². The van der Waals surface area contributed by atoms with Crippen LogP contribution in [0.2, 0.25) is 0 Å². The number of carbonyl (C=O) groups excluding carboxylic acids is 4. The Bertz CT molecular complexity index is 1570. The monoisotopic (exact) mass is 632 g/mol. The van der Waals surface area contributed by atoms with Gasteiger partial charge in [0.2, 0.25) is 6.41 Å². The van der Waals surface area contributed by atoms with Gasteiger partial charge in [0.1, 0.15) is 5.56 Å². The molecule has 12 nitrogen and oxygen atoms in total. The maximum Gasteiger partial charge on any atom is 0.308 e. The van der Waals surface area contributed by atoms with Gasteiger partial charge in [-0.1, -0.05) is 20.3 Å². The van der Waals surface area contributed by atoms with E-state index in [1.54, 1.807) is 57.9 Å². The van der Waals surface area contributed by atoms with E-state index >= 15 is 0 Å². The number of nitriles is 1. The van der Waals surface area contributed by atoms with Crippen LogP contribution in [0.5, 0.6) is 0 Å². The molecule has 0 aliphatic carbocycles. The Labute approximate surface area is 270 Å². The van der Waals surface area contributed by atoms with Crippen molar-refractivity contribution in [2.75, 3.05) is 27.2 Å². The molecule has 246 valence electrons. The number of nitrogens with zero attached hydrogens (tertiary/aromatic N) is 4. The zero-order valence-electron chi connectivity index (χ0n) is 27.8. The molecule has 0 bridgehead atoms. The fraction of sp³-hybridized carbons (Fsp3) is 0.382. The molecule has 0 saturated carbocycles. The number of ether oxygens (including phenoxy) is 1. The van der Waals surface area contributed by atoms with Crippen LogP contribution in [0.4, 0.5) is 0 Å². The maximum absolute atomic E-state index is 12.2. The van der Waals surface area contributed by atoms with Crippen molar-refractivity contribution in [2.45, 2.75) is 53.5 Å². The maximum atomic E-state index is 12.2. The number of nitrogens with one attached hydrogen (secondary N) is 2. The van der Waals surface area contributed by atoms with Crippen LogP contribution >= 0.6 is 0 Å². The highest BCUT2D eigenvalue weighted by Gasteiger charge is 2.19. The van der Waals surface area contributed by atoms with Crippen LogP contribution in [0.25, 0.3) is 11.1 Å². The van der Waals surface area contributed by atoms with Gasteiger partial charge < -0.3 is 24.8 Å². The number of aromatic nitrogens is 2. The molecule has 2 N–H and O–H groups in total.